The van der Waals surface area contributed by atoms with Crippen molar-refractivity contribution in [3.05, 3.63) is 114 Å². The monoisotopic (exact) mass is 485 g/mol. The van der Waals surface area contributed by atoms with E-state index in [4.69, 9.17) is 0 Å². The van der Waals surface area contributed by atoms with Crippen LogP contribution in [0.1, 0.15) is 11.1 Å². The molecule has 0 aliphatic carbocycles. The van der Waals surface area contributed by atoms with E-state index in [1.165, 1.54) is 69.3 Å². The molecular formula is C32H23NS2. The van der Waals surface area contributed by atoms with E-state index >= 15 is 0 Å². The molecule has 3 heteroatoms. The van der Waals surface area contributed by atoms with E-state index in [-0.39, 0.29) is 0 Å². The minimum atomic E-state index is 1.19. The van der Waals surface area contributed by atoms with Crippen LogP contribution in [-0.2, 0) is 0 Å². The van der Waals surface area contributed by atoms with E-state index in [1.54, 1.807) is 0 Å². The third-order valence-electron chi connectivity index (χ3n) is 6.77. The van der Waals surface area contributed by atoms with Crippen molar-refractivity contribution in [2.45, 2.75) is 23.6 Å². The SMILES string of the molecule is Cc1ccc2c(c1)Sc1cc(C)ccc1N2c1ccc(-c2cccc3c2sc2ccccc23)cc1. The Bertz CT molecular complexity index is 1690. The van der Waals surface area contributed by atoms with Gasteiger partial charge in [0, 0.05) is 35.7 Å². The zero-order valence-electron chi connectivity index (χ0n) is 19.6. The summed E-state index contributed by atoms with van der Waals surface area (Å²) >= 11 is 3.76. The molecule has 7 rings (SSSR count). The fraction of sp³-hybridized carbons (Fsp3) is 0.0625. The second-order valence-electron chi connectivity index (χ2n) is 9.21. The molecule has 0 saturated carbocycles. The maximum atomic E-state index is 2.41. The first kappa shape index (κ1) is 20.8. The van der Waals surface area contributed by atoms with Crippen LogP contribution in [0.5, 0.6) is 0 Å². The lowest BCUT2D eigenvalue weighted by molar-refractivity contribution is 1.15. The van der Waals surface area contributed by atoms with Crippen molar-refractivity contribution >= 4 is 60.3 Å². The fourth-order valence-electron chi connectivity index (χ4n) is 5.07. The van der Waals surface area contributed by atoms with Gasteiger partial charge in [-0.3, -0.25) is 0 Å². The Kier molecular flexibility index (Phi) is 4.76. The van der Waals surface area contributed by atoms with Gasteiger partial charge in [-0.2, -0.15) is 0 Å². The molecule has 35 heavy (non-hydrogen) atoms. The van der Waals surface area contributed by atoms with Crippen LogP contribution in [0.3, 0.4) is 0 Å². The van der Waals surface area contributed by atoms with Gasteiger partial charge >= 0.3 is 0 Å². The predicted octanol–water partition coefficient (Wildman–Crippen LogP) is 10.3. The first-order chi connectivity index (χ1) is 17.2. The molecule has 5 aromatic carbocycles. The van der Waals surface area contributed by atoms with Crippen LogP contribution in [0.2, 0.25) is 0 Å². The number of hydrogen-bond donors (Lipinski definition) is 0. The summed E-state index contributed by atoms with van der Waals surface area (Å²) in [6.07, 6.45) is 0. The van der Waals surface area contributed by atoms with E-state index in [9.17, 15) is 0 Å². The van der Waals surface area contributed by atoms with Gasteiger partial charge in [-0.15, -0.1) is 11.3 Å². The second-order valence-corrected chi connectivity index (χ2v) is 11.3. The molecular weight excluding hydrogens is 462 g/mol. The third-order valence-corrected chi connectivity index (χ3v) is 9.09. The van der Waals surface area contributed by atoms with Crippen molar-refractivity contribution in [2.75, 3.05) is 4.90 Å². The molecule has 0 fully saturated rings. The van der Waals surface area contributed by atoms with Crippen LogP contribution in [0.15, 0.2) is 113 Å². The predicted molar refractivity (Wildman–Crippen MR) is 153 cm³/mol. The molecule has 0 N–H and O–H groups in total. The molecule has 1 aliphatic rings. The standard InChI is InChI=1S/C32H23NS2/c1-20-10-16-27-30(18-20)34-31-19-21(2)11-17-28(31)33(27)23-14-12-22(13-15-23)24-7-5-8-26-25-6-3-4-9-29(25)35-32(24)26/h3-19H,1-2H3. The first-order valence-corrected chi connectivity index (χ1v) is 13.5. The van der Waals surface area contributed by atoms with E-state index in [0.29, 0.717) is 0 Å². The molecule has 0 atom stereocenters. The number of hydrogen-bond acceptors (Lipinski definition) is 3. The number of fused-ring (bicyclic) bond motifs is 5. The van der Waals surface area contributed by atoms with Crippen molar-refractivity contribution in [1.29, 1.82) is 0 Å². The van der Waals surface area contributed by atoms with Gasteiger partial charge in [0.1, 0.15) is 0 Å². The topological polar surface area (TPSA) is 3.24 Å². The Morgan fingerprint density at radius 2 is 1.26 bits per heavy atom. The molecule has 1 aliphatic heterocycles. The van der Waals surface area contributed by atoms with Crippen LogP contribution < -0.4 is 4.90 Å². The summed E-state index contributed by atoms with van der Waals surface area (Å²) in [5, 5.41) is 2.68. The van der Waals surface area contributed by atoms with Crippen molar-refractivity contribution < 1.29 is 0 Å². The van der Waals surface area contributed by atoms with Crippen molar-refractivity contribution in [3.63, 3.8) is 0 Å². The van der Waals surface area contributed by atoms with Crippen molar-refractivity contribution in [1.82, 2.24) is 0 Å². The summed E-state index contributed by atoms with van der Waals surface area (Å²) in [6.45, 7) is 4.33. The highest BCUT2D eigenvalue weighted by atomic mass is 32.2. The van der Waals surface area contributed by atoms with Gasteiger partial charge in [0.15, 0.2) is 0 Å². The Hall–Kier alpha value is -3.53. The number of nitrogens with zero attached hydrogens (tertiary/aromatic N) is 1. The number of thiophene rings is 1. The summed E-state index contributed by atoms with van der Waals surface area (Å²) in [5.41, 5.74) is 8.82. The zero-order valence-corrected chi connectivity index (χ0v) is 21.2. The molecule has 0 bridgehead atoms. The quantitative estimate of drug-likeness (QED) is 0.240. The second kappa shape index (κ2) is 8.01. The van der Waals surface area contributed by atoms with Crippen LogP contribution in [0.4, 0.5) is 17.1 Å². The highest BCUT2D eigenvalue weighted by molar-refractivity contribution is 7.99. The van der Waals surface area contributed by atoms with Gasteiger partial charge in [-0.05, 0) is 78.6 Å². The van der Waals surface area contributed by atoms with Gasteiger partial charge in [0.25, 0.3) is 0 Å². The highest BCUT2D eigenvalue weighted by Gasteiger charge is 2.25. The van der Waals surface area contributed by atoms with E-state index in [1.807, 2.05) is 23.1 Å². The van der Waals surface area contributed by atoms with Crippen LogP contribution in [-0.4, -0.2) is 0 Å². The fourth-order valence-corrected chi connectivity index (χ4v) is 7.56. The van der Waals surface area contributed by atoms with E-state index in [0.717, 1.165) is 0 Å². The number of aryl methyl sites for hydroxylation is 2. The Labute approximate surface area is 213 Å². The Morgan fingerprint density at radius 1 is 0.600 bits per heavy atom. The van der Waals surface area contributed by atoms with Crippen molar-refractivity contribution in [2.24, 2.45) is 0 Å². The molecule has 6 aromatic rings. The molecule has 0 unspecified atom stereocenters. The molecule has 0 saturated heterocycles. The Morgan fingerprint density at radius 3 is 1.97 bits per heavy atom. The third kappa shape index (κ3) is 3.38. The summed E-state index contributed by atoms with van der Waals surface area (Å²) < 4.78 is 2.70. The minimum absolute atomic E-state index is 1.19. The molecule has 1 nitrogen and oxygen atoms in total. The first-order valence-electron chi connectivity index (χ1n) is 11.9. The maximum Gasteiger partial charge on any atom is 0.0601 e. The van der Waals surface area contributed by atoms with Gasteiger partial charge in [-0.25, -0.2) is 0 Å². The molecule has 0 amide bonds. The Balaban J connectivity index is 1.36. The van der Waals surface area contributed by atoms with Crippen molar-refractivity contribution in [3.8, 4) is 11.1 Å². The number of benzene rings is 5. The lowest BCUT2D eigenvalue weighted by Gasteiger charge is -2.33. The minimum Gasteiger partial charge on any atom is -0.308 e. The van der Waals surface area contributed by atoms with E-state index < -0.39 is 0 Å². The normalized spacial score (nSPS) is 12.7. The molecule has 1 aromatic heterocycles. The average Bonchev–Trinajstić information content (AvgIpc) is 3.26. The molecule has 0 spiro atoms. The summed E-state index contributed by atoms with van der Waals surface area (Å²) in [7, 11) is 0. The zero-order chi connectivity index (χ0) is 23.5. The van der Waals surface area contributed by atoms with Crippen LogP contribution >= 0.6 is 23.1 Å². The molecule has 168 valence electrons. The summed E-state index contributed by atoms with van der Waals surface area (Å²) in [5.74, 6) is 0. The number of anilines is 3. The van der Waals surface area contributed by atoms with Gasteiger partial charge in [0.2, 0.25) is 0 Å². The maximum absolute atomic E-state index is 2.41. The smallest absolute Gasteiger partial charge is 0.0601 e. The van der Waals surface area contributed by atoms with Crippen LogP contribution in [0.25, 0.3) is 31.3 Å². The lowest BCUT2D eigenvalue weighted by Crippen LogP contribution is -2.15. The molecule has 2 heterocycles. The summed E-state index contributed by atoms with van der Waals surface area (Å²) in [4.78, 5) is 5.02. The van der Waals surface area contributed by atoms with Gasteiger partial charge in [-0.1, -0.05) is 72.4 Å². The van der Waals surface area contributed by atoms with E-state index in [2.05, 4.69) is 122 Å². The highest BCUT2D eigenvalue weighted by Crippen LogP contribution is 2.52. The molecule has 0 radical (unpaired) electrons. The average molecular weight is 486 g/mol. The van der Waals surface area contributed by atoms with Gasteiger partial charge < -0.3 is 4.90 Å². The summed E-state index contributed by atoms with van der Waals surface area (Å²) in [6, 6.07) is 38.0. The number of rotatable bonds is 2. The lowest BCUT2D eigenvalue weighted by atomic mass is 10.0. The van der Waals surface area contributed by atoms with Crippen LogP contribution in [0, 0.1) is 13.8 Å². The van der Waals surface area contributed by atoms with Gasteiger partial charge in [0.05, 0.1) is 11.4 Å². The largest absolute Gasteiger partial charge is 0.308 e.